The van der Waals surface area contributed by atoms with Crippen LogP contribution < -0.4 is 9.46 Å². The Morgan fingerprint density at radius 2 is 2.23 bits per heavy atom. The van der Waals surface area contributed by atoms with E-state index in [1.54, 1.807) is 0 Å². The highest BCUT2D eigenvalue weighted by molar-refractivity contribution is 7.90. The lowest BCUT2D eigenvalue weighted by molar-refractivity contribution is 0.0125. The van der Waals surface area contributed by atoms with E-state index in [1.807, 2.05) is 27.7 Å². The zero-order valence-corrected chi connectivity index (χ0v) is 16.5. The van der Waals surface area contributed by atoms with Crippen molar-refractivity contribution in [2.75, 3.05) is 20.3 Å². The van der Waals surface area contributed by atoms with Gasteiger partial charge in [0.15, 0.2) is 0 Å². The van der Waals surface area contributed by atoms with Gasteiger partial charge in [0.05, 0.1) is 19.2 Å². The van der Waals surface area contributed by atoms with Crippen LogP contribution in [0.2, 0.25) is 0 Å². The van der Waals surface area contributed by atoms with E-state index in [-0.39, 0.29) is 13.2 Å². The maximum Gasteiger partial charge on any atom is 0.142 e. The molecule has 1 heterocycles. The molecule has 1 N–H and O–H groups in total. The van der Waals surface area contributed by atoms with Crippen molar-refractivity contribution in [2.45, 2.75) is 50.5 Å². The molecular formula is C17H25FN4O3S. The van der Waals surface area contributed by atoms with Crippen LogP contribution in [-0.2, 0) is 22.5 Å². The zero-order valence-electron chi connectivity index (χ0n) is 15.7. The Morgan fingerprint density at radius 3 is 2.81 bits per heavy atom. The SMILES string of the molecule is COC[C@]1(CN=[N+]=[N-])Cc2cc(F)cc([C@@H](C)N[S+]([O-])C(C)(C)C)c2O1. The molecule has 26 heavy (non-hydrogen) atoms. The standard InChI is InChI=1S/C17H25FN4O3S/c1-11(21-26(23)16(2,3)4)14-7-13(18)6-12-8-17(10-24-5,9-20-22-19)25-15(12)14/h6-7,11,21H,8-10H2,1-5H3/t11-,17-,26?/m1/s1. The number of ether oxygens (including phenoxy) is 2. The van der Waals surface area contributed by atoms with Crippen molar-refractivity contribution < 1.29 is 18.4 Å². The predicted octanol–water partition coefficient (Wildman–Crippen LogP) is 3.57. The van der Waals surface area contributed by atoms with Gasteiger partial charge in [0, 0.05) is 40.9 Å². The molecule has 1 aliphatic heterocycles. The molecule has 0 aromatic heterocycles. The molecule has 1 unspecified atom stereocenters. The van der Waals surface area contributed by atoms with E-state index < -0.39 is 33.6 Å². The fourth-order valence-corrected chi connectivity index (χ4v) is 3.69. The van der Waals surface area contributed by atoms with E-state index in [9.17, 15) is 8.94 Å². The minimum atomic E-state index is -1.32. The van der Waals surface area contributed by atoms with E-state index >= 15 is 0 Å². The van der Waals surface area contributed by atoms with Crippen LogP contribution in [0.4, 0.5) is 4.39 Å². The van der Waals surface area contributed by atoms with Gasteiger partial charge in [-0.2, -0.15) is 0 Å². The molecule has 144 valence electrons. The Labute approximate surface area is 156 Å². The molecule has 0 fully saturated rings. The lowest BCUT2D eigenvalue weighted by atomic mass is 9.96. The smallest absolute Gasteiger partial charge is 0.142 e. The molecule has 0 radical (unpaired) electrons. The molecule has 1 aliphatic rings. The van der Waals surface area contributed by atoms with Crippen LogP contribution in [0.15, 0.2) is 17.2 Å². The van der Waals surface area contributed by atoms with Crippen LogP contribution in [0, 0.1) is 5.82 Å². The number of methoxy groups -OCH3 is 1. The van der Waals surface area contributed by atoms with Gasteiger partial charge in [-0.3, -0.25) is 0 Å². The molecule has 1 aromatic carbocycles. The molecule has 2 rings (SSSR count). The Bertz CT molecular complexity index is 706. The van der Waals surface area contributed by atoms with E-state index in [0.29, 0.717) is 23.3 Å². The minimum absolute atomic E-state index is 0.0722. The van der Waals surface area contributed by atoms with Gasteiger partial charge in [-0.05, 0) is 45.4 Å². The summed E-state index contributed by atoms with van der Waals surface area (Å²) < 4.78 is 40.5. The largest absolute Gasteiger partial charge is 0.598 e. The van der Waals surface area contributed by atoms with Crippen molar-refractivity contribution in [1.29, 1.82) is 0 Å². The third kappa shape index (κ3) is 4.61. The highest BCUT2D eigenvalue weighted by Crippen LogP contribution is 2.41. The predicted molar refractivity (Wildman–Crippen MR) is 98.8 cm³/mol. The summed E-state index contributed by atoms with van der Waals surface area (Å²) in [6.45, 7) is 7.67. The summed E-state index contributed by atoms with van der Waals surface area (Å²) >= 11 is -1.32. The number of nitrogens with one attached hydrogen (secondary N) is 1. The normalized spacial score (nSPS) is 21.5. The number of nitrogens with zero attached hydrogens (tertiary/aromatic N) is 3. The first-order valence-corrected chi connectivity index (χ1v) is 9.46. The molecule has 0 aliphatic carbocycles. The van der Waals surface area contributed by atoms with Gasteiger partial charge in [-0.1, -0.05) is 5.11 Å². The Kier molecular flexibility index (Phi) is 6.42. The van der Waals surface area contributed by atoms with Crippen molar-refractivity contribution in [3.63, 3.8) is 0 Å². The highest BCUT2D eigenvalue weighted by Gasteiger charge is 2.41. The number of hydrogen-bond acceptors (Lipinski definition) is 5. The maximum atomic E-state index is 14.2. The van der Waals surface area contributed by atoms with Crippen molar-refractivity contribution in [1.82, 2.24) is 4.72 Å². The molecule has 0 saturated heterocycles. The summed E-state index contributed by atoms with van der Waals surface area (Å²) in [7, 11) is 1.53. The summed E-state index contributed by atoms with van der Waals surface area (Å²) in [4.78, 5) is 2.79. The van der Waals surface area contributed by atoms with Crippen LogP contribution >= 0.6 is 0 Å². The van der Waals surface area contributed by atoms with E-state index in [1.165, 1.54) is 19.2 Å². The molecule has 1 aromatic rings. The number of azide groups is 1. The fraction of sp³-hybridized carbons (Fsp3) is 0.647. The molecule has 0 spiro atoms. The maximum absolute atomic E-state index is 14.2. The molecule has 0 saturated carbocycles. The van der Waals surface area contributed by atoms with Gasteiger partial charge in [-0.15, -0.1) is 4.72 Å². The summed E-state index contributed by atoms with van der Waals surface area (Å²) in [6.07, 6.45) is 0.370. The van der Waals surface area contributed by atoms with Gasteiger partial charge >= 0.3 is 0 Å². The Morgan fingerprint density at radius 1 is 1.54 bits per heavy atom. The molecule has 0 bridgehead atoms. The number of benzene rings is 1. The molecular weight excluding hydrogens is 359 g/mol. The average Bonchev–Trinajstić information content (AvgIpc) is 2.89. The van der Waals surface area contributed by atoms with Gasteiger partial charge in [0.1, 0.15) is 21.9 Å². The molecule has 7 nitrogen and oxygen atoms in total. The van der Waals surface area contributed by atoms with Gasteiger partial charge in [0.2, 0.25) is 0 Å². The van der Waals surface area contributed by atoms with Crippen LogP contribution in [0.5, 0.6) is 5.75 Å². The first-order valence-electron chi connectivity index (χ1n) is 8.31. The van der Waals surface area contributed by atoms with E-state index in [2.05, 4.69) is 14.7 Å². The minimum Gasteiger partial charge on any atom is -0.598 e. The summed E-state index contributed by atoms with van der Waals surface area (Å²) in [6, 6.07) is 2.41. The summed E-state index contributed by atoms with van der Waals surface area (Å²) in [5, 5.41) is 3.62. The highest BCUT2D eigenvalue weighted by atomic mass is 32.2. The number of fused-ring (bicyclic) bond motifs is 1. The van der Waals surface area contributed by atoms with Crippen LogP contribution in [0.1, 0.15) is 44.9 Å². The van der Waals surface area contributed by atoms with E-state index in [4.69, 9.17) is 15.0 Å². The Balaban J connectivity index is 2.35. The molecule has 3 atom stereocenters. The van der Waals surface area contributed by atoms with Crippen LogP contribution in [-0.4, -0.2) is 35.2 Å². The monoisotopic (exact) mass is 384 g/mol. The molecule has 9 heteroatoms. The van der Waals surface area contributed by atoms with Gasteiger partial charge in [-0.25, -0.2) is 4.39 Å². The van der Waals surface area contributed by atoms with E-state index in [0.717, 1.165) is 0 Å². The van der Waals surface area contributed by atoms with Crippen LogP contribution in [0.3, 0.4) is 0 Å². The first kappa shape index (κ1) is 20.8. The summed E-state index contributed by atoms with van der Waals surface area (Å²) in [5.41, 5.74) is 9.04. The zero-order chi connectivity index (χ0) is 19.5. The topological polar surface area (TPSA) is 102 Å². The number of rotatable bonds is 7. The third-order valence-electron chi connectivity index (χ3n) is 4.13. The second-order valence-corrected chi connectivity index (χ2v) is 9.49. The van der Waals surface area contributed by atoms with Crippen molar-refractivity contribution >= 4 is 11.4 Å². The average molecular weight is 384 g/mol. The second kappa shape index (κ2) is 8.02. The number of halogens is 1. The lowest BCUT2D eigenvalue weighted by Gasteiger charge is -2.28. The first-order chi connectivity index (χ1) is 12.1. The fourth-order valence-electron chi connectivity index (χ4n) is 2.89. The lowest BCUT2D eigenvalue weighted by Crippen LogP contribution is -2.43. The molecule has 0 amide bonds. The van der Waals surface area contributed by atoms with Gasteiger partial charge in [0.25, 0.3) is 0 Å². The second-order valence-electron chi connectivity index (χ2n) is 7.49. The van der Waals surface area contributed by atoms with Crippen molar-refractivity contribution in [3.05, 3.63) is 39.5 Å². The number of hydrogen-bond donors (Lipinski definition) is 1. The quantitative estimate of drug-likeness (QED) is 0.336. The third-order valence-corrected chi connectivity index (χ3v) is 5.81. The van der Waals surface area contributed by atoms with Gasteiger partial charge < -0.3 is 14.0 Å². The summed E-state index contributed by atoms with van der Waals surface area (Å²) in [5.74, 6) is 0.136. The van der Waals surface area contributed by atoms with Crippen molar-refractivity contribution in [3.8, 4) is 5.75 Å². The van der Waals surface area contributed by atoms with Crippen LogP contribution in [0.25, 0.3) is 10.4 Å². The Hall–Kier alpha value is -1.51. The van der Waals surface area contributed by atoms with Crippen molar-refractivity contribution in [2.24, 2.45) is 5.11 Å².